The second-order valence-electron chi connectivity index (χ2n) is 2.52. The molecule has 4 nitrogen and oxygen atoms in total. The second kappa shape index (κ2) is 3.67. The molecule has 70 valence electrons. The van der Waals surface area contributed by atoms with Gasteiger partial charge < -0.3 is 4.42 Å². The molecule has 0 aromatic carbocycles. The Morgan fingerprint density at radius 1 is 1.57 bits per heavy atom. The van der Waals surface area contributed by atoms with Gasteiger partial charge in [0.25, 0.3) is 0 Å². The van der Waals surface area contributed by atoms with Gasteiger partial charge in [0.05, 0.1) is 0 Å². The van der Waals surface area contributed by atoms with Gasteiger partial charge in [0.15, 0.2) is 8.71 Å². The Morgan fingerprint density at radius 3 is 2.86 bits per heavy atom. The van der Waals surface area contributed by atoms with E-state index in [4.69, 9.17) is 9.68 Å². The quantitative estimate of drug-likeness (QED) is 0.759. The molecule has 0 saturated heterocycles. The molecule has 2 aromatic rings. The van der Waals surface area contributed by atoms with Crippen LogP contribution in [0.4, 0.5) is 0 Å². The number of nitriles is 1. The van der Waals surface area contributed by atoms with Gasteiger partial charge in [0.1, 0.15) is 17.5 Å². The molecule has 0 amide bonds. The third-order valence-corrected chi connectivity index (χ3v) is 3.23. The van der Waals surface area contributed by atoms with Gasteiger partial charge in [-0.2, -0.15) is 10.2 Å². The van der Waals surface area contributed by atoms with E-state index in [1.165, 1.54) is 11.3 Å². The highest BCUT2D eigenvalue weighted by Crippen LogP contribution is 2.23. The summed E-state index contributed by atoms with van der Waals surface area (Å²) in [5.41, 5.74) is 1.01. The largest absolute Gasteiger partial charge is 0.439 e. The van der Waals surface area contributed by atoms with Crippen molar-refractivity contribution in [2.75, 3.05) is 0 Å². The molecule has 0 fully saturated rings. The number of aromatic nitrogens is 2. The number of hydrogen-bond acceptors (Lipinski definition) is 5. The molecule has 0 atom stereocenters. The lowest BCUT2D eigenvalue weighted by atomic mass is 10.4. The van der Waals surface area contributed by atoms with Crippen LogP contribution in [-0.2, 0) is 0 Å². The van der Waals surface area contributed by atoms with Gasteiger partial charge >= 0.3 is 0 Å². The topological polar surface area (TPSA) is 62.7 Å². The summed E-state index contributed by atoms with van der Waals surface area (Å²) in [5, 5.41) is 10.5. The highest BCUT2D eigenvalue weighted by atomic mass is 127. The summed E-state index contributed by atoms with van der Waals surface area (Å²) in [7, 11) is 0. The summed E-state index contributed by atoms with van der Waals surface area (Å²) in [5.74, 6) is 0.948. The Morgan fingerprint density at radius 2 is 2.36 bits per heavy atom. The number of oxazole rings is 1. The van der Waals surface area contributed by atoms with Crippen LogP contribution in [0.2, 0.25) is 0 Å². The minimum atomic E-state index is 0.322. The molecule has 0 bridgehead atoms. The van der Waals surface area contributed by atoms with Crippen LogP contribution >= 0.6 is 33.9 Å². The number of aryl methyl sites for hydroxylation is 1. The first-order chi connectivity index (χ1) is 6.70. The molecular formula is C8H4IN3OS. The lowest BCUT2D eigenvalue weighted by molar-refractivity contribution is 0.540. The average molecular weight is 317 g/mol. The van der Waals surface area contributed by atoms with Crippen LogP contribution in [0.1, 0.15) is 11.5 Å². The molecule has 2 heterocycles. The maximum Gasteiger partial charge on any atom is 0.247 e. The molecule has 0 aliphatic rings. The van der Waals surface area contributed by atoms with Gasteiger partial charge in [-0.05, 0) is 29.5 Å². The average Bonchev–Trinajstić information content (AvgIpc) is 2.71. The van der Waals surface area contributed by atoms with Crippen LogP contribution in [0.5, 0.6) is 0 Å². The number of rotatable bonds is 1. The van der Waals surface area contributed by atoms with Crippen LogP contribution in [0.25, 0.3) is 11.6 Å². The highest BCUT2D eigenvalue weighted by Gasteiger charge is 2.12. The normalized spacial score (nSPS) is 10.1. The minimum Gasteiger partial charge on any atom is -0.439 e. The Balaban J connectivity index is 2.48. The van der Waals surface area contributed by atoms with Crippen molar-refractivity contribution in [3.63, 3.8) is 0 Å². The van der Waals surface area contributed by atoms with Gasteiger partial charge in [0, 0.05) is 5.38 Å². The van der Waals surface area contributed by atoms with Gasteiger partial charge in [-0.25, -0.2) is 4.98 Å². The summed E-state index contributed by atoms with van der Waals surface area (Å²) < 4.78 is 6.24. The SMILES string of the molecule is Cc1oc(-c2csc(I)n2)nc1C#N. The van der Waals surface area contributed by atoms with Crippen LogP contribution < -0.4 is 0 Å². The van der Waals surface area contributed by atoms with Crippen LogP contribution in [-0.4, -0.2) is 9.97 Å². The van der Waals surface area contributed by atoms with E-state index in [0.29, 0.717) is 23.0 Å². The fourth-order valence-corrected chi connectivity index (χ4v) is 2.11. The predicted molar refractivity (Wildman–Crippen MR) is 59.8 cm³/mol. The first-order valence-electron chi connectivity index (χ1n) is 3.69. The number of thiazole rings is 1. The summed E-state index contributed by atoms with van der Waals surface area (Å²) in [6, 6.07) is 1.96. The monoisotopic (exact) mass is 317 g/mol. The van der Waals surface area contributed by atoms with E-state index in [9.17, 15) is 0 Å². The van der Waals surface area contributed by atoms with E-state index >= 15 is 0 Å². The molecule has 2 rings (SSSR count). The fraction of sp³-hybridized carbons (Fsp3) is 0.125. The zero-order valence-corrected chi connectivity index (χ0v) is 10.1. The summed E-state index contributed by atoms with van der Waals surface area (Å²) in [6.45, 7) is 1.71. The molecule has 0 unspecified atom stereocenters. The zero-order chi connectivity index (χ0) is 10.1. The van der Waals surface area contributed by atoms with Crippen molar-refractivity contribution in [2.24, 2.45) is 0 Å². The Hall–Kier alpha value is -0.940. The third kappa shape index (κ3) is 1.65. The first kappa shape index (κ1) is 9.61. The van der Waals surface area contributed by atoms with Gasteiger partial charge in [0.2, 0.25) is 5.89 Å². The number of hydrogen-bond donors (Lipinski definition) is 0. The molecule has 6 heteroatoms. The Bertz CT molecular complexity index is 511. The summed E-state index contributed by atoms with van der Waals surface area (Å²) in [4.78, 5) is 8.23. The van der Waals surface area contributed by atoms with Crippen molar-refractivity contribution in [1.82, 2.24) is 9.97 Å². The summed E-state index contributed by atoms with van der Waals surface area (Å²) in [6.07, 6.45) is 0. The second-order valence-corrected chi connectivity index (χ2v) is 5.13. The Labute approximate surface area is 97.7 Å². The van der Waals surface area contributed by atoms with Crippen LogP contribution in [0, 0.1) is 21.3 Å². The molecule has 0 radical (unpaired) electrons. The van der Waals surface area contributed by atoms with E-state index in [1.54, 1.807) is 6.92 Å². The molecule has 2 aromatic heterocycles. The van der Waals surface area contributed by atoms with Gasteiger partial charge in [-0.15, -0.1) is 11.3 Å². The fourth-order valence-electron chi connectivity index (χ4n) is 0.960. The third-order valence-electron chi connectivity index (χ3n) is 1.60. The van der Waals surface area contributed by atoms with Crippen LogP contribution in [0.15, 0.2) is 9.80 Å². The first-order valence-corrected chi connectivity index (χ1v) is 5.65. The van der Waals surface area contributed by atoms with Crippen molar-refractivity contribution >= 4 is 33.9 Å². The minimum absolute atomic E-state index is 0.322. The van der Waals surface area contributed by atoms with Crippen molar-refractivity contribution in [1.29, 1.82) is 5.26 Å². The molecule has 14 heavy (non-hydrogen) atoms. The molecule has 0 spiro atoms. The van der Waals surface area contributed by atoms with E-state index in [-0.39, 0.29) is 0 Å². The standard InChI is InChI=1S/C8H4IN3OS/c1-4-5(2-10)11-7(13-4)6-3-14-8(9)12-6/h3H,1H3. The van der Waals surface area contributed by atoms with E-state index < -0.39 is 0 Å². The molecule has 0 aliphatic heterocycles. The summed E-state index contributed by atoms with van der Waals surface area (Å²) >= 11 is 3.64. The van der Waals surface area contributed by atoms with Gasteiger partial charge in [-0.3, -0.25) is 0 Å². The van der Waals surface area contributed by atoms with Crippen LogP contribution in [0.3, 0.4) is 0 Å². The molecule has 0 aliphatic carbocycles. The molecule has 0 N–H and O–H groups in total. The van der Waals surface area contributed by atoms with Gasteiger partial charge in [-0.1, -0.05) is 0 Å². The smallest absolute Gasteiger partial charge is 0.247 e. The van der Waals surface area contributed by atoms with Crippen molar-refractivity contribution < 1.29 is 4.42 Å². The maximum atomic E-state index is 8.69. The van der Waals surface area contributed by atoms with Crippen molar-refractivity contribution in [3.05, 3.63) is 19.8 Å². The number of halogens is 1. The molecule has 0 saturated carbocycles. The van der Waals surface area contributed by atoms with E-state index in [0.717, 1.165) is 3.01 Å². The van der Waals surface area contributed by atoms with Crippen molar-refractivity contribution in [3.8, 4) is 17.7 Å². The predicted octanol–water partition coefficient (Wildman–Crippen LogP) is 2.58. The maximum absolute atomic E-state index is 8.69. The molecular weight excluding hydrogens is 313 g/mol. The van der Waals surface area contributed by atoms with E-state index in [1.807, 2.05) is 11.4 Å². The lowest BCUT2D eigenvalue weighted by Gasteiger charge is -1.84. The number of nitrogens with zero attached hydrogens (tertiary/aromatic N) is 3. The van der Waals surface area contributed by atoms with Crippen molar-refractivity contribution in [2.45, 2.75) is 6.92 Å². The zero-order valence-electron chi connectivity index (χ0n) is 7.11. The highest BCUT2D eigenvalue weighted by molar-refractivity contribution is 14.1. The lowest BCUT2D eigenvalue weighted by Crippen LogP contribution is -1.78. The van der Waals surface area contributed by atoms with E-state index in [2.05, 4.69) is 32.6 Å². The Kier molecular flexibility index (Phi) is 2.52.